The average molecular weight is 418 g/mol. The average Bonchev–Trinajstić information content (AvgIpc) is 2.95. The second-order valence-corrected chi connectivity index (χ2v) is 7.26. The number of hydrogen-bond donors (Lipinski definition) is 2. The van der Waals surface area contributed by atoms with E-state index >= 15 is 0 Å². The van der Waals surface area contributed by atoms with Crippen LogP contribution in [0, 0.1) is 5.92 Å². The molecule has 27 heavy (non-hydrogen) atoms. The molecule has 0 atom stereocenters. The van der Waals surface area contributed by atoms with E-state index in [4.69, 9.17) is 0 Å². The number of amides is 1. The van der Waals surface area contributed by atoms with Crippen LogP contribution in [0.15, 0.2) is 18.6 Å². The highest BCUT2D eigenvalue weighted by atomic mass is 35.5. The molecule has 2 N–H and O–H groups in total. The highest BCUT2D eigenvalue weighted by Crippen LogP contribution is 2.21. The molecule has 1 aliphatic heterocycles. The van der Waals surface area contributed by atoms with Gasteiger partial charge >= 0.3 is 0 Å². The van der Waals surface area contributed by atoms with Crippen molar-refractivity contribution in [3.63, 3.8) is 0 Å². The van der Waals surface area contributed by atoms with Crippen molar-refractivity contribution in [3.05, 3.63) is 18.6 Å². The molecule has 0 spiro atoms. The van der Waals surface area contributed by atoms with Crippen LogP contribution in [0.3, 0.4) is 0 Å². The molecule has 154 valence electrons. The molecule has 1 aromatic heterocycles. The molecule has 2 heterocycles. The van der Waals surface area contributed by atoms with Crippen molar-refractivity contribution >= 4 is 36.5 Å². The Bertz CT molecular complexity index is 518. The number of carbonyl (C=O) groups excluding carboxylic acids is 1. The predicted octanol–water partition coefficient (Wildman–Crippen LogP) is 2.97. The molecule has 0 bridgehead atoms. The Kier molecular flexibility index (Phi) is 11.6. The summed E-state index contributed by atoms with van der Waals surface area (Å²) in [6.07, 6.45) is 15.0. The van der Waals surface area contributed by atoms with E-state index in [0.29, 0.717) is 6.04 Å². The summed E-state index contributed by atoms with van der Waals surface area (Å²) in [7, 11) is 0. The second-order valence-electron chi connectivity index (χ2n) is 7.26. The molecule has 1 saturated carbocycles. The third-order valence-corrected chi connectivity index (χ3v) is 5.45. The van der Waals surface area contributed by atoms with Gasteiger partial charge in [-0.1, -0.05) is 25.7 Å². The molecule has 8 heteroatoms. The minimum atomic E-state index is 0. The summed E-state index contributed by atoms with van der Waals surface area (Å²) >= 11 is 0. The Balaban J connectivity index is 0.00000182. The summed E-state index contributed by atoms with van der Waals surface area (Å²) in [6, 6.07) is 0.648. The fourth-order valence-corrected chi connectivity index (χ4v) is 3.92. The van der Waals surface area contributed by atoms with E-state index in [0.717, 1.165) is 44.8 Å². The molecule has 1 aliphatic carbocycles. The number of hydrogen-bond acceptors (Lipinski definition) is 5. The third-order valence-electron chi connectivity index (χ3n) is 5.45. The minimum absolute atomic E-state index is 0. The van der Waals surface area contributed by atoms with Gasteiger partial charge in [0.15, 0.2) is 0 Å². The predicted molar refractivity (Wildman–Crippen MR) is 114 cm³/mol. The molecular weight excluding hydrogens is 385 g/mol. The van der Waals surface area contributed by atoms with Crippen molar-refractivity contribution < 1.29 is 4.79 Å². The summed E-state index contributed by atoms with van der Waals surface area (Å²) in [6.45, 7) is 3.36. The Morgan fingerprint density at radius 2 is 1.70 bits per heavy atom. The lowest BCUT2D eigenvalue weighted by atomic mass is 9.96. The van der Waals surface area contributed by atoms with Crippen molar-refractivity contribution in [2.45, 2.75) is 57.4 Å². The molecule has 1 amide bonds. The maximum atomic E-state index is 12.4. The summed E-state index contributed by atoms with van der Waals surface area (Å²) in [5, 5.41) is 6.72. The molecule has 3 rings (SSSR count). The van der Waals surface area contributed by atoms with Gasteiger partial charge in [-0.2, -0.15) is 0 Å². The maximum Gasteiger partial charge on any atom is 0.223 e. The van der Waals surface area contributed by atoms with E-state index in [1.807, 2.05) is 0 Å². The van der Waals surface area contributed by atoms with Crippen LogP contribution in [-0.2, 0) is 4.79 Å². The Morgan fingerprint density at radius 3 is 2.33 bits per heavy atom. The molecule has 2 aliphatic rings. The first-order valence-electron chi connectivity index (χ1n) is 9.85. The van der Waals surface area contributed by atoms with Gasteiger partial charge in [-0.25, -0.2) is 4.98 Å². The molecule has 0 radical (unpaired) electrons. The lowest BCUT2D eigenvalue weighted by Gasteiger charge is -2.31. The van der Waals surface area contributed by atoms with Gasteiger partial charge in [-0.15, -0.1) is 24.8 Å². The van der Waals surface area contributed by atoms with Crippen molar-refractivity contribution in [2.24, 2.45) is 5.92 Å². The Morgan fingerprint density at radius 1 is 1.00 bits per heavy atom. The molecule has 1 saturated heterocycles. The number of rotatable bonds is 6. The normalized spacial score (nSPS) is 18.7. The summed E-state index contributed by atoms with van der Waals surface area (Å²) in [5.41, 5.74) is 0. The van der Waals surface area contributed by atoms with Gasteiger partial charge in [0.05, 0.1) is 6.20 Å². The highest BCUT2D eigenvalue weighted by molar-refractivity contribution is 5.85. The summed E-state index contributed by atoms with van der Waals surface area (Å²) in [4.78, 5) is 23.0. The second kappa shape index (κ2) is 13.1. The van der Waals surface area contributed by atoms with Crippen molar-refractivity contribution in [3.8, 4) is 0 Å². The van der Waals surface area contributed by atoms with E-state index in [2.05, 4.69) is 25.5 Å². The summed E-state index contributed by atoms with van der Waals surface area (Å²) in [5.74, 6) is 1.25. The van der Waals surface area contributed by atoms with Crippen LogP contribution >= 0.6 is 24.8 Å². The molecule has 0 aromatic carbocycles. The zero-order chi connectivity index (χ0) is 17.3. The first-order valence-corrected chi connectivity index (χ1v) is 9.85. The number of aromatic nitrogens is 2. The fraction of sp³-hybridized carbons (Fsp3) is 0.737. The smallest absolute Gasteiger partial charge is 0.223 e. The van der Waals surface area contributed by atoms with E-state index in [9.17, 15) is 4.79 Å². The van der Waals surface area contributed by atoms with Crippen LogP contribution in [0.1, 0.15) is 51.4 Å². The van der Waals surface area contributed by atoms with Crippen LogP contribution in [0.4, 0.5) is 5.82 Å². The lowest BCUT2D eigenvalue weighted by Crippen LogP contribution is -2.43. The van der Waals surface area contributed by atoms with Crippen molar-refractivity contribution in [2.75, 3.05) is 31.1 Å². The Labute approximate surface area is 175 Å². The number of piperidine rings is 1. The van der Waals surface area contributed by atoms with Gasteiger partial charge in [-0.05, 0) is 25.7 Å². The molecule has 1 aromatic rings. The van der Waals surface area contributed by atoms with Crippen LogP contribution in [-0.4, -0.2) is 48.1 Å². The Hall–Kier alpha value is -1.11. The highest BCUT2D eigenvalue weighted by Gasteiger charge is 2.25. The summed E-state index contributed by atoms with van der Waals surface area (Å²) < 4.78 is 0. The van der Waals surface area contributed by atoms with Crippen molar-refractivity contribution in [1.29, 1.82) is 0 Å². The van der Waals surface area contributed by atoms with E-state index in [1.54, 1.807) is 18.6 Å². The lowest BCUT2D eigenvalue weighted by molar-refractivity contribution is -0.125. The van der Waals surface area contributed by atoms with Gasteiger partial charge in [0, 0.05) is 50.5 Å². The number of nitrogens with zero attached hydrogens (tertiary/aromatic N) is 3. The first-order chi connectivity index (χ1) is 12.3. The van der Waals surface area contributed by atoms with Crippen LogP contribution in [0.5, 0.6) is 0 Å². The van der Waals surface area contributed by atoms with Gasteiger partial charge in [0.1, 0.15) is 5.82 Å². The van der Waals surface area contributed by atoms with Gasteiger partial charge in [-0.3, -0.25) is 9.78 Å². The standard InChI is InChI=1S/C19H31N5O.2ClH/c25-19(23-12-11-21-17-5-3-1-2-4-6-17)16-7-13-24(14-8-16)18-15-20-9-10-22-18;;/h9-10,15-17,21H,1-8,11-14H2,(H,23,25);2*1H. The number of nitrogens with one attached hydrogen (secondary N) is 2. The third kappa shape index (κ3) is 7.80. The first kappa shape index (κ1) is 23.9. The largest absolute Gasteiger partial charge is 0.355 e. The molecule has 2 fully saturated rings. The zero-order valence-electron chi connectivity index (χ0n) is 15.9. The zero-order valence-corrected chi connectivity index (χ0v) is 17.6. The SMILES string of the molecule is Cl.Cl.O=C(NCCNC1CCCCCC1)C1CCN(c2cnccn2)CC1. The van der Waals surface area contributed by atoms with Crippen LogP contribution in [0.25, 0.3) is 0 Å². The van der Waals surface area contributed by atoms with E-state index in [-0.39, 0.29) is 36.6 Å². The maximum absolute atomic E-state index is 12.4. The van der Waals surface area contributed by atoms with Gasteiger partial charge in [0.25, 0.3) is 0 Å². The van der Waals surface area contributed by atoms with Crippen LogP contribution < -0.4 is 15.5 Å². The van der Waals surface area contributed by atoms with Gasteiger partial charge < -0.3 is 15.5 Å². The van der Waals surface area contributed by atoms with E-state index < -0.39 is 0 Å². The van der Waals surface area contributed by atoms with Crippen LogP contribution in [0.2, 0.25) is 0 Å². The molecular formula is C19H33Cl2N5O. The number of carbonyl (C=O) groups is 1. The minimum Gasteiger partial charge on any atom is -0.355 e. The monoisotopic (exact) mass is 417 g/mol. The molecule has 0 unspecified atom stereocenters. The number of halogens is 2. The topological polar surface area (TPSA) is 70.2 Å². The quantitative estimate of drug-likeness (QED) is 0.549. The number of anilines is 1. The van der Waals surface area contributed by atoms with E-state index in [1.165, 1.54) is 38.5 Å². The van der Waals surface area contributed by atoms with Crippen molar-refractivity contribution in [1.82, 2.24) is 20.6 Å². The molecule has 6 nitrogen and oxygen atoms in total. The van der Waals surface area contributed by atoms with Gasteiger partial charge in [0.2, 0.25) is 5.91 Å². The fourth-order valence-electron chi connectivity index (χ4n) is 3.92.